The van der Waals surface area contributed by atoms with Gasteiger partial charge in [-0.25, -0.2) is 4.98 Å². The predicted octanol–water partition coefficient (Wildman–Crippen LogP) is 3.04. The maximum absolute atomic E-state index is 12.9. The highest BCUT2D eigenvalue weighted by atomic mass is 32.1. The summed E-state index contributed by atoms with van der Waals surface area (Å²) in [6, 6.07) is 7.94. The number of thiazole rings is 1. The summed E-state index contributed by atoms with van der Waals surface area (Å²) in [7, 11) is 1.67. The zero-order valence-electron chi connectivity index (χ0n) is 15.8. The number of aromatic nitrogens is 3. The highest BCUT2D eigenvalue weighted by Crippen LogP contribution is 2.34. The molecule has 1 aliphatic heterocycles. The van der Waals surface area contributed by atoms with Crippen molar-refractivity contribution < 1.29 is 9.53 Å². The molecule has 0 spiro atoms. The van der Waals surface area contributed by atoms with Crippen molar-refractivity contribution in [3.63, 3.8) is 0 Å². The van der Waals surface area contributed by atoms with Crippen molar-refractivity contribution in [2.45, 2.75) is 19.9 Å². The first-order valence-corrected chi connectivity index (χ1v) is 9.91. The van der Waals surface area contributed by atoms with Crippen LogP contribution < -0.4 is 9.64 Å². The highest BCUT2D eigenvalue weighted by molar-refractivity contribution is 7.22. The van der Waals surface area contributed by atoms with Crippen LogP contribution in [0.25, 0.3) is 10.2 Å². The summed E-state index contributed by atoms with van der Waals surface area (Å²) in [6.07, 6.45) is 1.69. The van der Waals surface area contributed by atoms with E-state index in [0.29, 0.717) is 18.8 Å². The molecule has 142 valence electrons. The standard InChI is InChI=1S/C19H23N5O2S/c1-13(2)24-14(7-8-20-24)18(25)22-9-11-23(12-10-22)19-21-17-15(26-3)5-4-6-16(17)27-19/h4-8,13H,9-12H2,1-3H3. The number of hydrogen-bond donors (Lipinski definition) is 0. The monoisotopic (exact) mass is 385 g/mol. The van der Waals surface area contributed by atoms with Crippen molar-refractivity contribution in [1.82, 2.24) is 19.7 Å². The van der Waals surface area contributed by atoms with Crippen molar-refractivity contribution in [2.24, 2.45) is 0 Å². The smallest absolute Gasteiger partial charge is 0.272 e. The molecule has 1 fully saturated rings. The first-order chi connectivity index (χ1) is 13.1. The zero-order valence-corrected chi connectivity index (χ0v) is 16.6. The minimum absolute atomic E-state index is 0.0480. The van der Waals surface area contributed by atoms with Gasteiger partial charge in [-0.15, -0.1) is 0 Å². The third kappa shape index (κ3) is 3.25. The van der Waals surface area contributed by atoms with Gasteiger partial charge >= 0.3 is 0 Å². The topological polar surface area (TPSA) is 63.5 Å². The van der Waals surface area contributed by atoms with Gasteiger partial charge in [0.25, 0.3) is 5.91 Å². The van der Waals surface area contributed by atoms with E-state index in [1.807, 2.05) is 30.9 Å². The average Bonchev–Trinajstić information content (AvgIpc) is 3.34. The number of fused-ring (bicyclic) bond motifs is 1. The molecule has 2 aromatic heterocycles. The molecule has 8 heteroatoms. The summed E-state index contributed by atoms with van der Waals surface area (Å²) in [4.78, 5) is 21.8. The molecule has 0 saturated carbocycles. The summed E-state index contributed by atoms with van der Waals surface area (Å²) in [6.45, 7) is 6.95. The molecule has 7 nitrogen and oxygen atoms in total. The van der Waals surface area contributed by atoms with Crippen LogP contribution in [0.15, 0.2) is 30.5 Å². The number of nitrogens with zero attached hydrogens (tertiary/aromatic N) is 5. The molecular formula is C19H23N5O2S. The van der Waals surface area contributed by atoms with Gasteiger partial charge in [-0.05, 0) is 32.0 Å². The van der Waals surface area contributed by atoms with Crippen LogP contribution in [0.1, 0.15) is 30.4 Å². The SMILES string of the molecule is COc1cccc2sc(N3CCN(C(=O)c4ccnn4C(C)C)CC3)nc12. The molecule has 0 bridgehead atoms. The van der Waals surface area contributed by atoms with E-state index < -0.39 is 0 Å². The van der Waals surface area contributed by atoms with E-state index in [1.165, 1.54) is 0 Å². The fourth-order valence-electron chi connectivity index (χ4n) is 3.37. The number of hydrogen-bond acceptors (Lipinski definition) is 6. The lowest BCUT2D eigenvalue weighted by atomic mass is 10.2. The minimum Gasteiger partial charge on any atom is -0.494 e. The first kappa shape index (κ1) is 17.8. The van der Waals surface area contributed by atoms with E-state index >= 15 is 0 Å². The predicted molar refractivity (Wildman–Crippen MR) is 107 cm³/mol. The van der Waals surface area contributed by atoms with Gasteiger partial charge in [0, 0.05) is 38.4 Å². The lowest BCUT2D eigenvalue weighted by Gasteiger charge is -2.34. The van der Waals surface area contributed by atoms with Crippen molar-refractivity contribution in [3.8, 4) is 5.75 Å². The number of carbonyl (C=O) groups excluding carboxylic acids is 1. The van der Waals surface area contributed by atoms with Gasteiger partial charge in [-0.1, -0.05) is 17.4 Å². The Morgan fingerprint density at radius 1 is 1.19 bits per heavy atom. The molecule has 0 aliphatic carbocycles. The lowest BCUT2D eigenvalue weighted by Crippen LogP contribution is -2.49. The van der Waals surface area contributed by atoms with E-state index in [2.05, 4.69) is 16.1 Å². The van der Waals surface area contributed by atoms with E-state index in [-0.39, 0.29) is 11.9 Å². The number of carbonyl (C=O) groups is 1. The number of rotatable bonds is 4. The van der Waals surface area contributed by atoms with Crippen LogP contribution in [0.4, 0.5) is 5.13 Å². The van der Waals surface area contributed by atoms with Gasteiger partial charge < -0.3 is 14.5 Å². The fraction of sp³-hybridized carbons (Fsp3) is 0.421. The number of ether oxygens (including phenoxy) is 1. The Kier molecular flexibility index (Phi) is 4.73. The van der Waals surface area contributed by atoms with Crippen molar-refractivity contribution in [3.05, 3.63) is 36.2 Å². The van der Waals surface area contributed by atoms with Crippen molar-refractivity contribution in [1.29, 1.82) is 0 Å². The van der Waals surface area contributed by atoms with Crippen LogP contribution in [-0.2, 0) is 0 Å². The Morgan fingerprint density at radius 3 is 2.67 bits per heavy atom. The minimum atomic E-state index is 0.0480. The van der Waals surface area contributed by atoms with E-state index in [4.69, 9.17) is 9.72 Å². The largest absolute Gasteiger partial charge is 0.494 e. The summed E-state index contributed by atoms with van der Waals surface area (Å²) in [5.74, 6) is 0.845. The number of benzene rings is 1. The van der Waals surface area contributed by atoms with Crippen LogP contribution in [0, 0.1) is 0 Å². The molecular weight excluding hydrogens is 362 g/mol. The van der Waals surface area contributed by atoms with Crippen LogP contribution in [-0.4, -0.2) is 58.9 Å². The molecule has 4 rings (SSSR count). The second-order valence-corrected chi connectivity index (χ2v) is 7.85. The van der Waals surface area contributed by atoms with Crippen LogP contribution >= 0.6 is 11.3 Å². The first-order valence-electron chi connectivity index (χ1n) is 9.09. The van der Waals surface area contributed by atoms with Crippen LogP contribution in [0.3, 0.4) is 0 Å². The molecule has 0 unspecified atom stereocenters. The molecule has 0 N–H and O–H groups in total. The number of amides is 1. The molecule has 1 amide bonds. The Labute approximate surface area is 162 Å². The maximum Gasteiger partial charge on any atom is 0.272 e. The van der Waals surface area contributed by atoms with E-state index in [1.54, 1.807) is 35.4 Å². The Balaban J connectivity index is 1.47. The average molecular weight is 385 g/mol. The van der Waals surface area contributed by atoms with Gasteiger partial charge in [0.15, 0.2) is 5.13 Å². The normalized spacial score (nSPS) is 15.0. The van der Waals surface area contributed by atoms with E-state index in [0.717, 1.165) is 34.2 Å². The third-order valence-corrected chi connectivity index (χ3v) is 5.89. The molecule has 1 aromatic carbocycles. The van der Waals surface area contributed by atoms with Gasteiger partial charge in [0.2, 0.25) is 0 Å². The molecule has 3 aromatic rings. The highest BCUT2D eigenvalue weighted by Gasteiger charge is 2.26. The molecule has 3 heterocycles. The number of para-hydroxylation sites is 1. The molecule has 1 aliphatic rings. The Bertz CT molecular complexity index is 956. The van der Waals surface area contributed by atoms with Gasteiger partial charge in [0.1, 0.15) is 17.0 Å². The second-order valence-electron chi connectivity index (χ2n) is 6.84. The second kappa shape index (κ2) is 7.19. The van der Waals surface area contributed by atoms with Gasteiger partial charge in [-0.2, -0.15) is 5.10 Å². The summed E-state index contributed by atoms with van der Waals surface area (Å²) in [5.41, 5.74) is 1.56. The summed E-state index contributed by atoms with van der Waals surface area (Å²) >= 11 is 1.66. The summed E-state index contributed by atoms with van der Waals surface area (Å²) in [5, 5.41) is 5.25. The third-order valence-electron chi connectivity index (χ3n) is 4.81. The number of methoxy groups -OCH3 is 1. The Hall–Kier alpha value is -2.61. The molecule has 0 radical (unpaired) electrons. The number of anilines is 1. The van der Waals surface area contributed by atoms with Gasteiger partial charge in [0.05, 0.1) is 11.8 Å². The molecule has 27 heavy (non-hydrogen) atoms. The zero-order chi connectivity index (χ0) is 19.0. The quantitative estimate of drug-likeness (QED) is 0.691. The molecule has 1 saturated heterocycles. The fourth-order valence-corrected chi connectivity index (χ4v) is 4.40. The van der Waals surface area contributed by atoms with Crippen LogP contribution in [0.5, 0.6) is 5.75 Å². The Morgan fingerprint density at radius 2 is 1.96 bits per heavy atom. The molecule has 0 atom stereocenters. The number of piperazine rings is 1. The summed E-state index contributed by atoms with van der Waals surface area (Å²) < 4.78 is 8.31. The van der Waals surface area contributed by atoms with Gasteiger partial charge in [-0.3, -0.25) is 9.48 Å². The van der Waals surface area contributed by atoms with Crippen LogP contribution in [0.2, 0.25) is 0 Å². The maximum atomic E-state index is 12.9. The van der Waals surface area contributed by atoms with Crippen molar-refractivity contribution in [2.75, 3.05) is 38.2 Å². The lowest BCUT2D eigenvalue weighted by molar-refractivity contribution is 0.0732. The van der Waals surface area contributed by atoms with Crippen molar-refractivity contribution >= 4 is 32.6 Å². The van der Waals surface area contributed by atoms with E-state index in [9.17, 15) is 4.79 Å².